The van der Waals surface area contributed by atoms with Crippen molar-refractivity contribution in [2.75, 3.05) is 0 Å². The summed E-state index contributed by atoms with van der Waals surface area (Å²) in [4.78, 5) is 0. The number of ether oxygens (including phenoxy) is 1. The standard InChI is InChI=1S/C16H12N2O/c1-11-5-12(2)7-16(6-11)19-15-4-3-13(9-17)14(8-15)10-18/h3-8H,1-2H3. The maximum absolute atomic E-state index is 8.97. The third-order valence-electron chi connectivity index (χ3n) is 2.66. The predicted molar refractivity (Wildman–Crippen MR) is 71.9 cm³/mol. The van der Waals surface area contributed by atoms with E-state index in [0.717, 1.165) is 16.9 Å². The Bertz CT molecular complexity index is 685. The summed E-state index contributed by atoms with van der Waals surface area (Å²) in [6, 6.07) is 14.8. The summed E-state index contributed by atoms with van der Waals surface area (Å²) in [5.74, 6) is 1.28. The minimum atomic E-state index is 0.323. The number of rotatable bonds is 2. The Morgan fingerprint density at radius 2 is 1.42 bits per heavy atom. The average molecular weight is 248 g/mol. The third-order valence-corrected chi connectivity index (χ3v) is 2.66. The van der Waals surface area contributed by atoms with Gasteiger partial charge in [0.15, 0.2) is 0 Å². The second kappa shape index (κ2) is 5.25. The van der Waals surface area contributed by atoms with Crippen LogP contribution in [0.2, 0.25) is 0 Å². The number of hydrogen-bond donors (Lipinski definition) is 0. The molecule has 0 bridgehead atoms. The molecule has 0 atom stereocenters. The highest BCUT2D eigenvalue weighted by molar-refractivity contribution is 5.50. The van der Waals surface area contributed by atoms with E-state index in [0.29, 0.717) is 16.9 Å². The minimum Gasteiger partial charge on any atom is -0.457 e. The third kappa shape index (κ3) is 2.91. The molecule has 0 amide bonds. The summed E-state index contributed by atoms with van der Waals surface area (Å²) in [5, 5.41) is 17.8. The maximum atomic E-state index is 8.97. The van der Waals surface area contributed by atoms with Crippen LogP contribution in [0.3, 0.4) is 0 Å². The van der Waals surface area contributed by atoms with E-state index < -0.39 is 0 Å². The molecule has 0 saturated carbocycles. The highest BCUT2D eigenvalue weighted by Gasteiger charge is 2.05. The van der Waals surface area contributed by atoms with E-state index in [1.54, 1.807) is 18.2 Å². The van der Waals surface area contributed by atoms with Gasteiger partial charge < -0.3 is 4.74 Å². The van der Waals surface area contributed by atoms with Crippen molar-refractivity contribution in [2.24, 2.45) is 0 Å². The zero-order chi connectivity index (χ0) is 13.8. The first-order valence-corrected chi connectivity index (χ1v) is 5.83. The van der Waals surface area contributed by atoms with Gasteiger partial charge in [0.05, 0.1) is 11.1 Å². The lowest BCUT2D eigenvalue weighted by molar-refractivity contribution is 0.481. The topological polar surface area (TPSA) is 56.8 Å². The summed E-state index contributed by atoms with van der Waals surface area (Å²) in [6.07, 6.45) is 0. The Labute approximate surface area is 112 Å². The van der Waals surface area contributed by atoms with Crippen LogP contribution >= 0.6 is 0 Å². The Morgan fingerprint density at radius 3 is 2.00 bits per heavy atom. The van der Waals surface area contributed by atoms with E-state index in [-0.39, 0.29) is 0 Å². The quantitative estimate of drug-likeness (QED) is 0.811. The number of nitriles is 2. The van der Waals surface area contributed by atoms with Crippen molar-refractivity contribution < 1.29 is 4.74 Å². The molecule has 2 rings (SSSR count). The van der Waals surface area contributed by atoms with Crippen molar-refractivity contribution in [3.05, 3.63) is 58.7 Å². The van der Waals surface area contributed by atoms with Crippen molar-refractivity contribution >= 4 is 0 Å². The molecule has 0 aliphatic carbocycles. The zero-order valence-corrected chi connectivity index (χ0v) is 10.8. The van der Waals surface area contributed by atoms with Crippen LogP contribution in [0, 0.1) is 36.5 Å². The SMILES string of the molecule is Cc1cc(C)cc(Oc2ccc(C#N)c(C#N)c2)c1. The van der Waals surface area contributed by atoms with E-state index >= 15 is 0 Å². The molecular formula is C16H12N2O. The normalized spacial score (nSPS) is 9.47. The maximum Gasteiger partial charge on any atom is 0.128 e. The Morgan fingerprint density at radius 1 is 0.789 bits per heavy atom. The summed E-state index contributed by atoms with van der Waals surface area (Å²) >= 11 is 0. The Balaban J connectivity index is 2.34. The molecule has 0 aliphatic heterocycles. The number of aryl methyl sites for hydroxylation is 2. The smallest absolute Gasteiger partial charge is 0.128 e. The molecule has 2 aromatic rings. The van der Waals surface area contributed by atoms with Gasteiger partial charge in [-0.25, -0.2) is 0 Å². The zero-order valence-electron chi connectivity index (χ0n) is 10.8. The Kier molecular flexibility index (Phi) is 3.50. The lowest BCUT2D eigenvalue weighted by atomic mass is 10.1. The molecule has 19 heavy (non-hydrogen) atoms. The van der Waals surface area contributed by atoms with Crippen molar-refractivity contribution in [1.29, 1.82) is 10.5 Å². The first kappa shape index (κ1) is 12.7. The summed E-state index contributed by atoms with van der Waals surface area (Å²) < 4.78 is 5.72. The van der Waals surface area contributed by atoms with Crippen LogP contribution in [0.5, 0.6) is 11.5 Å². The molecule has 0 radical (unpaired) electrons. The number of benzene rings is 2. The molecular weight excluding hydrogens is 236 g/mol. The second-order valence-corrected chi connectivity index (χ2v) is 4.36. The molecule has 0 heterocycles. The van der Waals surface area contributed by atoms with Crippen molar-refractivity contribution in [2.45, 2.75) is 13.8 Å². The first-order valence-electron chi connectivity index (χ1n) is 5.83. The fourth-order valence-corrected chi connectivity index (χ4v) is 1.90. The van der Waals surface area contributed by atoms with Gasteiger partial charge in [-0.05, 0) is 55.3 Å². The van der Waals surface area contributed by atoms with Gasteiger partial charge in [-0.15, -0.1) is 0 Å². The van der Waals surface area contributed by atoms with Gasteiger partial charge in [0.25, 0.3) is 0 Å². The van der Waals surface area contributed by atoms with Crippen LogP contribution in [0.4, 0.5) is 0 Å². The van der Waals surface area contributed by atoms with E-state index in [1.807, 2.05) is 38.1 Å². The van der Waals surface area contributed by atoms with Crippen molar-refractivity contribution in [3.8, 4) is 23.6 Å². The molecule has 3 heteroatoms. The van der Waals surface area contributed by atoms with Gasteiger partial charge in [0, 0.05) is 0 Å². The molecule has 0 N–H and O–H groups in total. The molecule has 3 nitrogen and oxygen atoms in total. The fraction of sp³-hybridized carbons (Fsp3) is 0.125. The van der Waals surface area contributed by atoms with Crippen molar-refractivity contribution in [3.63, 3.8) is 0 Å². The first-order chi connectivity index (χ1) is 9.12. The van der Waals surface area contributed by atoms with E-state index in [2.05, 4.69) is 6.07 Å². The van der Waals surface area contributed by atoms with Crippen LogP contribution in [-0.4, -0.2) is 0 Å². The molecule has 92 valence electrons. The summed E-state index contributed by atoms with van der Waals surface area (Å²) in [6.45, 7) is 4.00. The van der Waals surface area contributed by atoms with Crippen LogP contribution in [-0.2, 0) is 0 Å². The van der Waals surface area contributed by atoms with Gasteiger partial charge >= 0.3 is 0 Å². The fourth-order valence-electron chi connectivity index (χ4n) is 1.90. The highest BCUT2D eigenvalue weighted by atomic mass is 16.5. The predicted octanol–water partition coefficient (Wildman–Crippen LogP) is 3.84. The molecule has 0 saturated heterocycles. The van der Waals surface area contributed by atoms with Gasteiger partial charge in [-0.2, -0.15) is 10.5 Å². The molecule has 0 fully saturated rings. The van der Waals surface area contributed by atoms with E-state index in [9.17, 15) is 0 Å². The van der Waals surface area contributed by atoms with Gasteiger partial charge in [-0.1, -0.05) is 6.07 Å². The molecule has 0 aromatic heterocycles. The van der Waals surface area contributed by atoms with E-state index in [1.165, 1.54) is 0 Å². The largest absolute Gasteiger partial charge is 0.457 e. The second-order valence-electron chi connectivity index (χ2n) is 4.36. The average Bonchev–Trinajstić information content (AvgIpc) is 2.37. The van der Waals surface area contributed by atoms with Crippen LogP contribution in [0.15, 0.2) is 36.4 Å². The number of hydrogen-bond acceptors (Lipinski definition) is 3. The van der Waals surface area contributed by atoms with Crippen LogP contribution in [0.25, 0.3) is 0 Å². The molecule has 0 spiro atoms. The summed E-state index contributed by atoms with van der Waals surface area (Å²) in [7, 11) is 0. The van der Waals surface area contributed by atoms with E-state index in [4.69, 9.17) is 15.3 Å². The monoisotopic (exact) mass is 248 g/mol. The Hall–Kier alpha value is -2.78. The van der Waals surface area contributed by atoms with Gasteiger partial charge in [-0.3, -0.25) is 0 Å². The number of nitrogens with zero attached hydrogens (tertiary/aromatic N) is 2. The minimum absolute atomic E-state index is 0.323. The van der Waals surface area contributed by atoms with Gasteiger partial charge in [0.1, 0.15) is 23.6 Å². The highest BCUT2D eigenvalue weighted by Crippen LogP contribution is 2.25. The lowest BCUT2D eigenvalue weighted by Gasteiger charge is -2.08. The molecule has 2 aromatic carbocycles. The van der Waals surface area contributed by atoms with Gasteiger partial charge in [0.2, 0.25) is 0 Å². The van der Waals surface area contributed by atoms with Crippen LogP contribution < -0.4 is 4.74 Å². The van der Waals surface area contributed by atoms with Crippen molar-refractivity contribution in [1.82, 2.24) is 0 Å². The van der Waals surface area contributed by atoms with Crippen LogP contribution in [0.1, 0.15) is 22.3 Å². The molecule has 0 aliphatic rings. The lowest BCUT2D eigenvalue weighted by Crippen LogP contribution is -1.89. The summed E-state index contributed by atoms with van der Waals surface area (Å²) in [5.41, 5.74) is 2.91. The molecule has 0 unspecified atom stereocenters.